The van der Waals surface area contributed by atoms with Gasteiger partial charge in [0.05, 0.1) is 0 Å². The van der Waals surface area contributed by atoms with Gasteiger partial charge in [0.15, 0.2) is 0 Å². The number of urea groups is 1. The monoisotopic (exact) mass is 371 g/mol. The van der Waals surface area contributed by atoms with Crippen LogP contribution in [0.1, 0.15) is 37.3 Å². The number of carbonyl (C=O) groups excluding carboxylic acids is 2. The van der Waals surface area contributed by atoms with Gasteiger partial charge in [-0.1, -0.05) is 24.3 Å². The Labute approximate surface area is 160 Å². The minimum atomic E-state index is -0.150. The highest BCUT2D eigenvalue weighted by Gasteiger charge is 2.42. The Morgan fingerprint density at radius 1 is 1.04 bits per heavy atom. The van der Waals surface area contributed by atoms with Gasteiger partial charge in [-0.3, -0.25) is 4.79 Å². The van der Waals surface area contributed by atoms with Gasteiger partial charge in [-0.05, 0) is 43.2 Å². The van der Waals surface area contributed by atoms with Crippen LogP contribution in [-0.4, -0.2) is 66.2 Å². The molecular formula is C21H29N3O3. The number of ether oxygens (including phenoxy) is 1. The number of hydrogen-bond acceptors (Lipinski definition) is 3. The first kappa shape index (κ1) is 18.3. The van der Waals surface area contributed by atoms with Crippen LogP contribution in [-0.2, 0) is 22.4 Å². The summed E-state index contributed by atoms with van der Waals surface area (Å²) in [5, 5.41) is 3.22. The zero-order chi connectivity index (χ0) is 18.9. The van der Waals surface area contributed by atoms with Gasteiger partial charge in [-0.25, -0.2) is 4.79 Å². The highest BCUT2D eigenvalue weighted by atomic mass is 16.5. The normalized spacial score (nSPS) is 22.4. The predicted octanol–water partition coefficient (Wildman–Crippen LogP) is 1.97. The van der Waals surface area contributed by atoms with Gasteiger partial charge >= 0.3 is 6.03 Å². The fourth-order valence-electron chi connectivity index (χ4n) is 4.94. The summed E-state index contributed by atoms with van der Waals surface area (Å²) in [6.07, 6.45) is 4.35. The third-order valence-electron chi connectivity index (χ3n) is 6.48. The first-order valence-corrected chi connectivity index (χ1v) is 10.1. The second kappa shape index (κ2) is 7.50. The number of carbonyl (C=O) groups is 2. The van der Waals surface area contributed by atoms with Gasteiger partial charge in [0.2, 0.25) is 5.91 Å². The van der Waals surface area contributed by atoms with Crippen LogP contribution in [0.15, 0.2) is 24.3 Å². The van der Waals surface area contributed by atoms with Crippen LogP contribution in [0.25, 0.3) is 0 Å². The third-order valence-corrected chi connectivity index (χ3v) is 6.48. The van der Waals surface area contributed by atoms with E-state index in [1.165, 1.54) is 11.1 Å². The van der Waals surface area contributed by atoms with E-state index in [9.17, 15) is 9.59 Å². The van der Waals surface area contributed by atoms with E-state index in [4.69, 9.17) is 4.74 Å². The van der Waals surface area contributed by atoms with Crippen LogP contribution < -0.4 is 5.32 Å². The standard InChI is InChI=1S/C21H29N3O3/c1-16(25)24-11-10-23(9-6-21(24)7-12-27-13-8-21)20(26)22-19-14-17-4-2-3-5-18(17)15-19/h2-5,19H,6-15H2,1H3,(H,22,26). The number of fused-ring (bicyclic) bond motifs is 1. The van der Waals surface area contributed by atoms with Crippen molar-refractivity contribution in [3.8, 4) is 0 Å². The van der Waals surface area contributed by atoms with Crippen molar-refractivity contribution < 1.29 is 14.3 Å². The van der Waals surface area contributed by atoms with Crippen LogP contribution in [0.4, 0.5) is 4.79 Å². The first-order chi connectivity index (χ1) is 13.1. The summed E-state index contributed by atoms with van der Waals surface area (Å²) in [5.41, 5.74) is 2.52. The van der Waals surface area contributed by atoms with E-state index in [2.05, 4.69) is 29.6 Å². The van der Waals surface area contributed by atoms with Crippen molar-refractivity contribution in [1.82, 2.24) is 15.1 Å². The van der Waals surface area contributed by atoms with E-state index in [1.54, 1.807) is 6.92 Å². The van der Waals surface area contributed by atoms with Crippen molar-refractivity contribution in [1.29, 1.82) is 0 Å². The van der Waals surface area contributed by atoms with Crippen molar-refractivity contribution in [3.63, 3.8) is 0 Å². The van der Waals surface area contributed by atoms with E-state index >= 15 is 0 Å². The van der Waals surface area contributed by atoms with E-state index in [0.29, 0.717) is 32.8 Å². The lowest BCUT2D eigenvalue weighted by Crippen LogP contribution is -2.54. The quantitative estimate of drug-likeness (QED) is 0.821. The maximum absolute atomic E-state index is 12.9. The Balaban J connectivity index is 1.40. The minimum Gasteiger partial charge on any atom is -0.381 e. The molecule has 146 valence electrons. The van der Waals surface area contributed by atoms with Crippen molar-refractivity contribution >= 4 is 11.9 Å². The van der Waals surface area contributed by atoms with Crippen molar-refractivity contribution in [2.75, 3.05) is 32.8 Å². The molecule has 4 rings (SSSR count). The number of rotatable bonds is 1. The molecule has 3 aliphatic rings. The molecule has 1 aliphatic carbocycles. The molecule has 2 saturated heterocycles. The van der Waals surface area contributed by atoms with Crippen LogP contribution in [0.2, 0.25) is 0 Å². The summed E-state index contributed by atoms with van der Waals surface area (Å²) in [5.74, 6) is 0.102. The lowest BCUT2D eigenvalue weighted by molar-refractivity contribution is -0.139. The molecule has 27 heavy (non-hydrogen) atoms. The predicted molar refractivity (Wildman–Crippen MR) is 103 cm³/mol. The summed E-state index contributed by atoms with van der Waals surface area (Å²) in [7, 11) is 0. The molecule has 2 aliphatic heterocycles. The zero-order valence-corrected chi connectivity index (χ0v) is 16.1. The molecule has 0 unspecified atom stereocenters. The number of benzene rings is 1. The van der Waals surface area contributed by atoms with Crippen LogP contribution in [0.5, 0.6) is 0 Å². The Morgan fingerprint density at radius 3 is 2.33 bits per heavy atom. The molecule has 0 bridgehead atoms. The Bertz CT molecular complexity index is 689. The molecule has 0 radical (unpaired) electrons. The Hall–Kier alpha value is -2.08. The Kier molecular flexibility index (Phi) is 5.08. The summed E-state index contributed by atoms with van der Waals surface area (Å²) in [4.78, 5) is 29.1. The fourth-order valence-corrected chi connectivity index (χ4v) is 4.94. The smallest absolute Gasteiger partial charge is 0.317 e. The maximum atomic E-state index is 12.9. The summed E-state index contributed by atoms with van der Waals surface area (Å²) < 4.78 is 5.53. The van der Waals surface area contributed by atoms with E-state index in [-0.39, 0.29) is 23.5 Å². The molecule has 0 aromatic heterocycles. The molecule has 1 aromatic rings. The number of nitrogens with zero attached hydrogens (tertiary/aromatic N) is 2. The second-order valence-electron chi connectivity index (χ2n) is 8.07. The van der Waals surface area contributed by atoms with E-state index in [1.807, 2.05) is 9.80 Å². The average molecular weight is 371 g/mol. The summed E-state index contributed by atoms with van der Waals surface area (Å²) >= 11 is 0. The van der Waals surface area contributed by atoms with Gasteiger partial charge in [-0.2, -0.15) is 0 Å². The van der Waals surface area contributed by atoms with E-state index < -0.39 is 0 Å². The molecule has 3 amide bonds. The molecule has 2 heterocycles. The van der Waals surface area contributed by atoms with Crippen LogP contribution in [0.3, 0.4) is 0 Å². The summed E-state index contributed by atoms with van der Waals surface area (Å²) in [6, 6.07) is 8.57. The lowest BCUT2D eigenvalue weighted by atomic mass is 9.84. The molecule has 1 N–H and O–H groups in total. The van der Waals surface area contributed by atoms with Crippen molar-refractivity contribution in [2.45, 2.75) is 50.6 Å². The molecule has 0 atom stereocenters. The SMILES string of the molecule is CC(=O)N1CCN(C(=O)NC2Cc3ccccc3C2)CCC12CCOCC2. The van der Waals surface area contributed by atoms with Gasteiger partial charge < -0.3 is 19.9 Å². The molecule has 1 spiro atoms. The number of hydrogen-bond donors (Lipinski definition) is 1. The maximum Gasteiger partial charge on any atom is 0.317 e. The van der Waals surface area contributed by atoms with E-state index in [0.717, 1.165) is 32.1 Å². The largest absolute Gasteiger partial charge is 0.381 e. The third kappa shape index (κ3) is 3.68. The molecular weight excluding hydrogens is 342 g/mol. The van der Waals surface area contributed by atoms with Crippen molar-refractivity contribution in [2.24, 2.45) is 0 Å². The number of nitrogens with one attached hydrogen (secondary N) is 1. The van der Waals surface area contributed by atoms with Crippen LogP contribution in [0, 0.1) is 0 Å². The van der Waals surface area contributed by atoms with Gasteiger partial charge in [-0.15, -0.1) is 0 Å². The minimum absolute atomic E-state index is 0.000387. The molecule has 6 nitrogen and oxygen atoms in total. The molecule has 6 heteroatoms. The highest BCUT2D eigenvalue weighted by Crippen LogP contribution is 2.33. The highest BCUT2D eigenvalue weighted by molar-refractivity contribution is 5.76. The molecule has 2 fully saturated rings. The second-order valence-corrected chi connectivity index (χ2v) is 8.07. The average Bonchev–Trinajstić information content (AvgIpc) is 2.97. The number of amides is 3. The van der Waals surface area contributed by atoms with Gasteiger partial charge in [0.1, 0.15) is 0 Å². The fraction of sp³-hybridized carbons (Fsp3) is 0.619. The Morgan fingerprint density at radius 2 is 1.70 bits per heavy atom. The van der Waals surface area contributed by atoms with Gasteiger partial charge in [0.25, 0.3) is 0 Å². The summed E-state index contributed by atoms with van der Waals surface area (Å²) in [6.45, 7) is 4.91. The van der Waals surface area contributed by atoms with Crippen molar-refractivity contribution in [3.05, 3.63) is 35.4 Å². The first-order valence-electron chi connectivity index (χ1n) is 10.1. The topological polar surface area (TPSA) is 61.9 Å². The zero-order valence-electron chi connectivity index (χ0n) is 16.1. The molecule has 0 saturated carbocycles. The molecule has 1 aromatic carbocycles. The van der Waals surface area contributed by atoms with Crippen LogP contribution >= 0.6 is 0 Å². The lowest BCUT2D eigenvalue weighted by Gasteiger charge is -2.44. The van der Waals surface area contributed by atoms with Gasteiger partial charge in [0, 0.05) is 51.4 Å².